The van der Waals surface area contributed by atoms with E-state index in [9.17, 15) is 13.6 Å². The first-order valence-corrected chi connectivity index (χ1v) is 8.24. The van der Waals surface area contributed by atoms with Crippen LogP contribution in [0.4, 0.5) is 8.78 Å². The highest BCUT2D eigenvalue weighted by Gasteiger charge is 2.14. The van der Waals surface area contributed by atoms with Crippen molar-refractivity contribution < 1.29 is 13.6 Å². The smallest absolute Gasteiger partial charge is 0.251 e. The minimum absolute atomic E-state index is 0.290. The van der Waals surface area contributed by atoms with Crippen molar-refractivity contribution in [3.63, 3.8) is 0 Å². The standard InChI is InChI=1S/C20H19F2N3O/c1-12-10-13(2)25(24-12)17-7-4-15(5-8-17)20(26)23-14(3)16-6-9-18(21)19(22)11-16/h4-11,14H,1-3H3,(H,23,26). The first-order chi connectivity index (χ1) is 12.3. The van der Waals surface area contributed by atoms with Gasteiger partial charge in [0.25, 0.3) is 5.91 Å². The minimum Gasteiger partial charge on any atom is -0.346 e. The molecule has 0 bridgehead atoms. The molecule has 2 aromatic carbocycles. The largest absolute Gasteiger partial charge is 0.346 e. The number of benzene rings is 2. The van der Waals surface area contributed by atoms with E-state index in [0.717, 1.165) is 29.2 Å². The summed E-state index contributed by atoms with van der Waals surface area (Å²) in [7, 11) is 0. The average molecular weight is 355 g/mol. The predicted molar refractivity (Wildman–Crippen MR) is 95.3 cm³/mol. The summed E-state index contributed by atoms with van der Waals surface area (Å²) in [4.78, 5) is 12.4. The zero-order chi connectivity index (χ0) is 18.8. The maximum Gasteiger partial charge on any atom is 0.251 e. The fraction of sp³-hybridized carbons (Fsp3) is 0.200. The van der Waals surface area contributed by atoms with Gasteiger partial charge in [-0.3, -0.25) is 4.79 Å². The second-order valence-electron chi connectivity index (χ2n) is 6.25. The number of carbonyl (C=O) groups excluding carboxylic acids is 1. The maximum atomic E-state index is 13.3. The van der Waals surface area contributed by atoms with Gasteiger partial charge < -0.3 is 5.32 Å². The van der Waals surface area contributed by atoms with Crippen LogP contribution in [-0.2, 0) is 0 Å². The number of aromatic nitrogens is 2. The van der Waals surface area contributed by atoms with Crippen molar-refractivity contribution in [1.29, 1.82) is 0 Å². The van der Waals surface area contributed by atoms with E-state index in [1.165, 1.54) is 6.07 Å². The lowest BCUT2D eigenvalue weighted by molar-refractivity contribution is 0.0940. The number of hydrogen-bond donors (Lipinski definition) is 1. The number of amides is 1. The molecule has 1 amide bonds. The molecule has 0 fully saturated rings. The number of aryl methyl sites for hydroxylation is 2. The summed E-state index contributed by atoms with van der Waals surface area (Å²) in [6, 6.07) is 12.2. The highest BCUT2D eigenvalue weighted by Crippen LogP contribution is 2.17. The van der Waals surface area contributed by atoms with Crippen LogP contribution in [0.2, 0.25) is 0 Å². The molecule has 1 N–H and O–H groups in total. The van der Waals surface area contributed by atoms with Crippen LogP contribution in [-0.4, -0.2) is 15.7 Å². The molecule has 0 aliphatic carbocycles. The van der Waals surface area contributed by atoms with Crippen LogP contribution in [0.25, 0.3) is 5.69 Å². The van der Waals surface area contributed by atoms with Crippen molar-refractivity contribution >= 4 is 5.91 Å². The molecule has 26 heavy (non-hydrogen) atoms. The molecule has 0 saturated heterocycles. The fourth-order valence-electron chi connectivity index (χ4n) is 2.79. The second kappa shape index (κ2) is 7.07. The van der Waals surface area contributed by atoms with Gasteiger partial charge in [0.2, 0.25) is 0 Å². The number of nitrogens with one attached hydrogen (secondary N) is 1. The van der Waals surface area contributed by atoms with Gasteiger partial charge in [-0.25, -0.2) is 13.5 Å². The van der Waals surface area contributed by atoms with Crippen LogP contribution in [0.3, 0.4) is 0 Å². The molecule has 4 nitrogen and oxygen atoms in total. The molecular weight excluding hydrogens is 336 g/mol. The van der Waals surface area contributed by atoms with Gasteiger partial charge in [0.15, 0.2) is 11.6 Å². The van der Waals surface area contributed by atoms with Crippen molar-refractivity contribution in [2.75, 3.05) is 0 Å². The molecule has 1 aromatic heterocycles. The van der Waals surface area contributed by atoms with Crippen LogP contribution in [0, 0.1) is 25.5 Å². The van der Waals surface area contributed by atoms with Crippen molar-refractivity contribution in [2.24, 2.45) is 0 Å². The van der Waals surface area contributed by atoms with Gasteiger partial charge in [0.1, 0.15) is 0 Å². The average Bonchev–Trinajstić information content (AvgIpc) is 2.95. The molecule has 134 valence electrons. The van der Waals surface area contributed by atoms with E-state index in [0.29, 0.717) is 11.1 Å². The normalized spacial score (nSPS) is 12.0. The van der Waals surface area contributed by atoms with Crippen LogP contribution >= 0.6 is 0 Å². The molecule has 0 radical (unpaired) electrons. The summed E-state index contributed by atoms with van der Waals surface area (Å²) in [5.74, 6) is -2.13. The van der Waals surface area contributed by atoms with Crippen molar-refractivity contribution in [3.05, 3.63) is 82.7 Å². The zero-order valence-corrected chi connectivity index (χ0v) is 14.8. The predicted octanol–water partition coefficient (Wildman–Crippen LogP) is 4.26. The summed E-state index contributed by atoms with van der Waals surface area (Å²) in [5.41, 5.74) is 3.76. The molecule has 1 atom stereocenters. The van der Waals surface area contributed by atoms with Gasteiger partial charge >= 0.3 is 0 Å². The number of nitrogens with zero attached hydrogens (tertiary/aromatic N) is 2. The Morgan fingerprint density at radius 1 is 1.04 bits per heavy atom. The number of carbonyl (C=O) groups is 1. The molecule has 0 saturated carbocycles. The van der Waals surface area contributed by atoms with E-state index in [1.54, 1.807) is 23.7 Å². The van der Waals surface area contributed by atoms with Crippen molar-refractivity contribution in [3.8, 4) is 5.69 Å². The van der Waals surface area contributed by atoms with Gasteiger partial charge in [-0.05, 0) is 68.8 Å². The molecule has 6 heteroatoms. The quantitative estimate of drug-likeness (QED) is 0.760. The van der Waals surface area contributed by atoms with Gasteiger partial charge in [0, 0.05) is 11.3 Å². The highest BCUT2D eigenvalue weighted by molar-refractivity contribution is 5.94. The molecule has 0 spiro atoms. The lowest BCUT2D eigenvalue weighted by Crippen LogP contribution is -2.26. The van der Waals surface area contributed by atoms with Crippen molar-refractivity contribution in [2.45, 2.75) is 26.8 Å². The maximum absolute atomic E-state index is 13.3. The molecule has 3 aromatic rings. The van der Waals surface area contributed by atoms with E-state index in [4.69, 9.17) is 0 Å². The van der Waals surface area contributed by atoms with E-state index in [-0.39, 0.29) is 5.91 Å². The van der Waals surface area contributed by atoms with Crippen LogP contribution in [0.5, 0.6) is 0 Å². The van der Waals surface area contributed by atoms with Crippen LogP contribution in [0.1, 0.15) is 40.3 Å². The number of halogens is 2. The van der Waals surface area contributed by atoms with Crippen molar-refractivity contribution in [1.82, 2.24) is 15.1 Å². The van der Waals surface area contributed by atoms with Crippen LogP contribution in [0.15, 0.2) is 48.5 Å². The monoisotopic (exact) mass is 355 g/mol. The molecule has 0 aliphatic rings. The summed E-state index contributed by atoms with van der Waals surface area (Å²) in [6.45, 7) is 5.60. The Hall–Kier alpha value is -3.02. The van der Waals surface area contributed by atoms with Gasteiger partial charge in [-0.2, -0.15) is 5.10 Å². The Morgan fingerprint density at radius 3 is 2.31 bits per heavy atom. The van der Waals surface area contributed by atoms with E-state index in [2.05, 4.69) is 10.4 Å². The first-order valence-electron chi connectivity index (χ1n) is 8.24. The van der Waals surface area contributed by atoms with E-state index < -0.39 is 17.7 Å². The molecule has 1 unspecified atom stereocenters. The third kappa shape index (κ3) is 3.64. The third-order valence-electron chi connectivity index (χ3n) is 4.17. The van der Waals surface area contributed by atoms with Gasteiger partial charge in [-0.1, -0.05) is 6.07 Å². The summed E-state index contributed by atoms with van der Waals surface area (Å²) < 4.78 is 28.2. The Morgan fingerprint density at radius 2 is 1.73 bits per heavy atom. The first kappa shape index (κ1) is 17.8. The fourth-order valence-corrected chi connectivity index (χ4v) is 2.79. The Kier molecular flexibility index (Phi) is 4.84. The summed E-state index contributed by atoms with van der Waals surface area (Å²) in [6.07, 6.45) is 0. The van der Waals surface area contributed by atoms with Crippen LogP contribution < -0.4 is 5.32 Å². The summed E-state index contributed by atoms with van der Waals surface area (Å²) in [5, 5.41) is 7.19. The Labute approximate surface area is 150 Å². The number of rotatable bonds is 4. The lowest BCUT2D eigenvalue weighted by Gasteiger charge is -2.15. The molecule has 3 rings (SSSR count). The zero-order valence-electron chi connectivity index (χ0n) is 14.8. The van der Waals surface area contributed by atoms with E-state index >= 15 is 0 Å². The van der Waals surface area contributed by atoms with E-state index in [1.807, 2.05) is 32.0 Å². The highest BCUT2D eigenvalue weighted by atomic mass is 19.2. The second-order valence-corrected chi connectivity index (χ2v) is 6.25. The van der Waals surface area contributed by atoms with Gasteiger partial charge in [-0.15, -0.1) is 0 Å². The lowest BCUT2D eigenvalue weighted by atomic mass is 10.1. The number of hydrogen-bond acceptors (Lipinski definition) is 2. The Balaban J connectivity index is 1.73. The molecule has 1 heterocycles. The SMILES string of the molecule is Cc1cc(C)n(-c2ccc(C(=O)NC(C)c3ccc(F)c(F)c3)cc2)n1. The van der Waals surface area contributed by atoms with Gasteiger partial charge in [0.05, 0.1) is 17.4 Å². The Bertz CT molecular complexity index is 948. The molecular formula is C20H19F2N3O. The third-order valence-corrected chi connectivity index (χ3v) is 4.17. The molecule has 0 aliphatic heterocycles. The topological polar surface area (TPSA) is 46.9 Å². The minimum atomic E-state index is -0.933. The summed E-state index contributed by atoms with van der Waals surface area (Å²) >= 11 is 0.